The second-order valence-electron chi connectivity index (χ2n) is 4.16. The second-order valence-corrected chi connectivity index (χ2v) is 8.77. The monoisotopic (exact) mass is 438 g/mol. The molecule has 0 aliphatic rings. The smallest absolute Gasteiger partial charge is 0.238 e. The van der Waals surface area contributed by atoms with E-state index in [9.17, 15) is 8.42 Å². The van der Waals surface area contributed by atoms with Gasteiger partial charge in [0.2, 0.25) is 10.0 Å². The maximum absolute atomic E-state index is 11.2. The summed E-state index contributed by atoms with van der Waals surface area (Å²) in [4.78, 5) is 2.51. The van der Waals surface area contributed by atoms with Gasteiger partial charge in [-0.15, -0.1) is 11.3 Å². The van der Waals surface area contributed by atoms with E-state index in [1.165, 1.54) is 21.9 Å². The van der Waals surface area contributed by atoms with Crippen LogP contribution in [0.1, 0.15) is 9.75 Å². The van der Waals surface area contributed by atoms with E-state index >= 15 is 0 Å². The minimum Gasteiger partial charge on any atom is -0.379 e. The van der Waals surface area contributed by atoms with Gasteiger partial charge in [-0.05, 0) is 63.0 Å². The predicted octanol–water partition coefficient (Wildman–Crippen LogP) is 3.84. The average Bonchev–Trinajstić information content (AvgIpc) is 2.66. The lowest BCUT2D eigenvalue weighted by molar-refractivity contribution is 0.598. The van der Waals surface area contributed by atoms with Gasteiger partial charge in [-0.2, -0.15) is 0 Å². The lowest BCUT2D eigenvalue weighted by Crippen LogP contribution is -2.12. The fraction of sp³-hybridized carbons (Fsp3) is 0.167. The van der Waals surface area contributed by atoms with Crippen molar-refractivity contribution in [3.63, 3.8) is 0 Å². The van der Waals surface area contributed by atoms with Crippen molar-refractivity contribution in [2.45, 2.75) is 18.4 Å². The van der Waals surface area contributed by atoms with E-state index in [0.717, 1.165) is 10.2 Å². The molecule has 8 heteroatoms. The van der Waals surface area contributed by atoms with E-state index in [0.29, 0.717) is 11.0 Å². The van der Waals surface area contributed by atoms with Gasteiger partial charge in [0, 0.05) is 30.9 Å². The Bertz CT molecular complexity index is 722. The molecule has 3 N–H and O–H groups in total. The molecule has 0 aliphatic carbocycles. The van der Waals surface area contributed by atoms with Crippen molar-refractivity contribution in [1.29, 1.82) is 0 Å². The molecule has 1 aromatic heterocycles. The van der Waals surface area contributed by atoms with Gasteiger partial charge in [0.25, 0.3) is 0 Å². The van der Waals surface area contributed by atoms with Crippen LogP contribution in [0.4, 0.5) is 5.69 Å². The maximum Gasteiger partial charge on any atom is 0.238 e. The number of thiophene rings is 1. The number of hydrogen-bond acceptors (Lipinski definition) is 4. The third-order valence-electron chi connectivity index (χ3n) is 2.63. The van der Waals surface area contributed by atoms with Crippen LogP contribution in [0.25, 0.3) is 0 Å². The highest BCUT2D eigenvalue weighted by Gasteiger charge is 2.10. The Balaban J connectivity index is 2.14. The Morgan fingerprint density at radius 1 is 1.25 bits per heavy atom. The topological polar surface area (TPSA) is 72.2 Å². The van der Waals surface area contributed by atoms with Gasteiger partial charge >= 0.3 is 0 Å². The zero-order valence-electron chi connectivity index (χ0n) is 10.5. The standard InChI is InChI=1S/C12H12Br2N2O2S2/c1-7-10(13)4-8(19-7)6-16-12-3-2-9(5-11(12)14)20(15,17)18/h2-5,16H,6H2,1H3,(H2,15,17,18). The van der Waals surface area contributed by atoms with Crippen molar-refractivity contribution < 1.29 is 8.42 Å². The molecule has 1 heterocycles. The largest absolute Gasteiger partial charge is 0.379 e. The maximum atomic E-state index is 11.2. The van der Waals surface area contributed by atoms with Crippen molar-refractivity contribution in [3.8, 4) is 0 Å². The molecule has 0 radical (unpaired) electrons. The first-order valence-corrected chi connectivity index (χ1v) is 9.53. The number of nitrogens with one attached hydrogen (secondary N) is 1. The molecule has 0 bridgehead atoms. The van der Waals surface area contributed by atoms with Gasteiger partial charge in [-0.1, -0.05) is 0 Å². The van der Waals surface area contributed by atoms with Crippen LogP contribution in [0.3, 0.4) is 0 Å². The molecule has 20 heavy (non-hydrogen) atoms. The van der Waals surface area contributed by atoms with Gasteiger partial charge in [0.15, 0.2) is 0 Å². The van der Waals surface area contributed by atoms with Crippen LogP contribution in [-0.2, 0) is 16.6 Å². The zero-order valence-corrected chi connectivity index (χ0v) is 15.3. The van der Waals surface area contributed by atoms with Gasteiger partial charge in [0.05, 0.1) is 4.90 Å². The number of benzene rings is 1. The molecular formula is C12H12Br2N2O2S2. The summed E-state index contributed by atoms with van der Waals surface area (Å²) in [5, 5.41) is 8.34. The molecular weight excluding hydrogens is 428 g/mol. The first kappa shape index (κ1) is 16.0. The molecule has 0 aliphatic heterocycles. The number of sulfonamides is 1. The van der Waals surface area contributed by atoms with Crippen molar-refractivity contribution in [3.05, 3.63) is 43.0 Å². The molecule has 2 aromatic rings. The molecule has 2 rings (SSSR count). The average molecular weight is 440 g/mol. The number of primary sulfonamides is 1. The lowest BCUT2D eigenvalue weighted by Gasteiger charge is -2.08. The summed E-state index contributed by atoms with van der Waals surface area (Å²) < 4.78 is 24.3. The first-order chi connectivity index (χ1) is 9.27. The zero-order chi connectivity index (χ0) is 14.9. The highest BCUT2D eigenvalue weighted by molar-refractivity contribution is 9.11. The molecule has 0 atom stereocenters. The Hall–Kier alpha value is -0.410. The normalized spacial score (nSPS) is 11.6. The van der Waals surface area contributed by atoms with Crippen LogP contribution in [0.15, 0.2) is 38.1 Å². The van der Waals surface area contributed by atoms with Gasteiger partial charge < -0.3 is 5.32 Å². The van der Waals surface area contributed by atoms with Crippen LogP contribution in [0.2, 0.25) is 0 Å². The molecule has 108 valence electrons. The molecule has 0 fully saturated rings. The molecule has 0 spiro atoms. The summed E-state index contributed by atoms with van der Waals surface area (Å²) in [6.45, 7) is 2.72. The molecule has 0 saturated heterocycles. The quantitative estimate of drug-likeness (QED) is 0.759. The molecule has 0 amide bonds. The highest BCUT2D eigenvalue weighted by Crippen LogP contribution is 2.29. The molecule has 0 saturated carbocycles. The lowest BCUT2D eigenvalue weighted by atomic mass is 10.3. The van der Waals surface area contributed by atoms with Crippen LogP contribution >= 0.6 is 43.2 Å². The highest BCUT2D eigenvalue weighted by atomic mass is 79.9. The van der Waals surface area contributed by atoms with Gasteiger partial charge in [0.1, 0.15) is 0 Å². The third-order valence-corrected chi connectivity index (χ3v) is 6.33. The van der Waals surface area contributed by atoms with E-state index in [-0.39, 0.29) is 4.90 Å². The SMILES string of the molecule is Cc1sc(CNc2ccc(S(N)(=O)=O)cc2Br)cc1Br. The van der Waals surface area contributed by atoms with Crippen molar-refractivity contribution in [1.82, 2.24) is 0 Å². The summed E-state index contributed by atoms with van der Waals surface area (Å²) in [6.07, 6.45) is 0. The molecule has 1 aromatic carbocycles. The number of anilines is 1. The van der Waals surface area contributed by atoms with Gasteiger partial charge in [-0.25, -0.2) is 13.6 Å². The minimum atomic E-state index is -3.67. The summed E-state index contributed by atoms with van der Waals surface area (Å²) in [5.74, 6) is 0. The number of halogens is 2. The van der Waals surface area contributed by atoms with Crippen LogP contribution < -0.4 is 10.5 Å². The Morgan fingerprint density at radius 3 is 2.45 bits per heavy atom. The first-order valence-electron chi connectivity index (χ1n) is 5.58. The fourth-order valence-electron chi connectivity index (χ4n) is 1.60. The molecule has 0 unspecified atom stereocenters. The van der Waals surface area contributed by atoms with E-state index in [1.54, 1.807) is 17.4 Å². The number of rotatable bonds is 4. The molecule has 4 nitrogen and oxygen atoms in total. The summed E-state index contributed by atoms with van der Waals surface area (Å²) in [7, 11) is -3.67. The summed E-state index contributed by atoms with van der Waals surface area (Å²) in [5.41, 5.74) is 0.819. The van der Waals surface area contributed by atoms with Crippen molar-refractivity contribution in [2.24, 2.45) is 5.14 Å². The fourth-order valence-corrected chi connectivity index (χ4v) is 4.36. The number of hydrogen-bond donors (Lipinski definition) is 2. The van der Waals surface area contributed by atoms with Crippen molar-refractivity contribution >= 4 is 58.9 Å². The predicted molar refractivity (Wildman–Crippen MR) is 89.6 cm³/mol. The third kappa shape index (κ3) is 3.82. The van der Waals surface area contributed by atoms with E-state index < -0.39 is 10.0 Å². The van der Waals surface area contributed by atoms with Crippen molar-refractivity contribution in [2.75, 3.05) is 5.32 Å². The van der Waals surface area contributed by atoms with E-state index in [4.69, 9.17) is 5.14 Å². The number of nitrogens with two attached hydrogens (primary N) is 1. The van der Waals surface area contributed by atoms with Crippen LogP contribution in [0, 0.1) is 6.92 Å². The van der Waals surface area contributed by atoms with E-state index in [2.05, 4.69) is 50.2 Å². The Labute approximate surface area is 138 Å². The van der Waals surface area contributed by atoms with E-state index in [1.807, 2.05) is 0 Å². The Morgan fingerprint density at radius 2 is 1.95 bits per heavy atom. The van der Waals surface area contributed by atoms with Crippen LogP contribution in [0.5, 0.6) is 0 Å². The Kier molecular flexibility index (Phi) is 4.91. The summed E-state index contributed by atoms with van der Waals surface area (Å²) in [6, 6.07) is 6.74. The summed E-state index contributed by atoms with van der Waals surface area (Å²) >= 11 is 8.53. The minimum absolute atomic E-state index is 0.0876. The second kappa shape index (κ2) is 6.15. The van der Waals surface area contributed by atoms with Crippen LogP contribution in [-0.4, -0.2) is 8.42 Å². The van der Waals surface area contributed by atoms with Gasteiger partial charge in [-0.3, -0.25) is 0 Å². The number of aryl methyl sites for hydroxylation is 1.